The number of hydrogen-bond acceptors (Lipinski definition) is 4. The summed E-state index contributed by atoms with van der Waals surface area (Å²) in [5.74, 6) is 1.06. The molecule has 6 nitrogen and oxygen atoms in total. The quantitative estimate of drug-likeness (QED) is 0.873. The minimum Gasteiger partial charge on any atom is -0.468 e. The molecule has 0 bridgehead atoms. The third-order valence-corrected chi connectivity index (χ3v) is 4.71. The lowest BCUT2D eigenvalue weighted by Gasteiger charge is -2.32. The third-order valence-electron chi connectivity index (χ3n) is 4.71. The van der Waals surface area contributed by atoms with E-state index >= 15 is 0 Å². The molecule has 25 heavy (non-hydrogen) atoms. The van der Waals surface area contributed by atoms with Crippen molar-refractivity contribution in [3.8, 4) is 0 Å². The summed E-state index contributed by atoms with van der Waals surface area (Å²) in [6.07, 6.45) is 3.88. The van der Waals surface area contributed by atoms with Crippen LogP contribution in [-0.2, 0) is 6.54 Å². The van der Waals surface area contributed by atoms with Crippen molar-refractivity contribution in [2.75, 3.05) is 19.6 Å². The number of pyridine rings is 1. The molecular formula is C19H25N3O3. The van der Waals surface area contributed by atoms with Gasteiger partial charge in [-0.05, 0) is 62.9 Å². The zero-order valence-corrected chi connectivity index (χ0v) is 14.8. The van der Waals surface area contributed by atoms with E-state index < -0.39 is 0 Å². The highest BCUT2D eigenvalue weighted by molar-refractivity contribution is 5.95. The predicted octanol–water partition coefficient (Wildman–Crippen LogP) is 2.23. The fraction of sp³-hybridized carbons (Fsp3) is 0.474. The Morgan fingerprint density at radius 2 is 2.28 bits per heavy atom. The molecule has 134 valence electrons. The zero-order chi connectivity index (χ0) is 17.8. The first-order valence-electron chi connectivity index (χ1n) is 8.76. The summed E-state index contributed by atoms with van der Waals surface area (Å²) in [6.45, 7) is 6.95. The molecule has 1 amide bonds. The molecule has 1 atom stereocenters. The number of piperidine rings is 1. The van der Waals surface area contributed by atoms with Crippen molar-refractivity contribution in [1.29, 1.82) is 0 Å². The van der Waals surface area contributed by atoms with Crippen LogP contribution in [0.2, 0.25) is 0 Å². The van der Waals surface area contributed by atoms with Gasteiger partial charge in [-0.25, -0.2) is 0 Å². The van der Waals surface area contributed by atoms with E-state index in [1.165, 1.54) is 0 Å². The largest absolute Gasteiger partial charge is 0.468 e. The number of aromatic amines is 1. The Morgan fingerprint density at radius 3 is 3.00 bits per heavy atom. The van der Waals surface area contributed by atoms with Gasteiger partial charge in [0, 0.05) is 18.8 Å². The molecule has 2 N–H and O–H groups in total. The average Bonchev–Trinajstić information content (AvgIpc) is 3.05. The van der Waals surface area contributed by atoms with E-state index in [-0.39, 0.29) is 17.0 Å². The SMILES string of the molecule is Cc1cc(C)c(C(=O)NC[C@@H]2CCCN(Cc3ccco3)C2)c(=O)[nH]1. The maximum absolute atomic E-state index is 12.4. The number of nitrogens with one attached hydrogen (secondary N) is 2. The molecule has 0 spiro atoms. The molecule has 6 heteroatoms. The van der Waals surface area contributed by atoms with Gasteiger partial charge in [0.2, 0.25) is 0 Å². The summed E-state index contributed by atoms with van der Waals surface area (Å²) in [5, 5.41) is 2.94. The first-order valence-corrected chi connectivity index (χ1v) is 8.76. The second-order valence-corrected chi connectivity index (χ2v) is 6.87. The van der Waals surface area contributed by atoms with Crippen LogP contribution in [0.15, 0.2) is 33.7 Å². The lowest BCUT2D eigenvalue weighted by molar-refractivity contribution is 0.0926. The van der Waals surface area contributed by atoms with Gasteiger partial charge in [-0.2, -0.15) is 0 Å². The highest BCUT2D eigenvalue weighted by atomic mass is 16.3. The second-order valence-electron chi connectivity index (χ2n) is 6.87. The summed E-state index contributed by atoms with van der Waals surface area (Å²) < 4.78 is 5.41. The van der Waals surface area contributed by atoms with Gasteiger partial charge in [0.25, 0.3) is 11.5 Å². The molecular weight excluding hydrogens is 318 g/mol. The monoisotopic (exact) mass is 343 g/mol. The first-order chi connectivity index (χ1) is 12.0. The smallest absolute Gasteiger partial charge is 0.261 e. The maximum atomic E-state index is 12.4. The van der Waals surface area contributed by atoms with Crippen LogP contribution in [0.25, 0.3) is 0 Å². The van der Waals surface area contributed by atoms with Gasteiger partial charge >= 0.3 is 0 Å². The molecule has 1 aliphatic rings. The van der Waals surface area contributed by atoms with Crippen LogP contribution >= 0.6 is 0 Å². The molecule has 0 radical (unpaired) electrons. The topological polar surface area (TPSA) is 78.3 Å². The molecule has 3 heterocycles. The summed E-state index contributed by atoms with van der Waals surface area (Å²) in [4.78, 5) is 29.5. The van der Waals surface area contributed by atoms with Crippen LogP contribution in [-0.4, -0.2) is 35.4 Å². The maximum Gasteiger partial charge on any atom is 0.261 e. The van der Waals surface area contributed by atoms with Crippen molar-refractivity contribution in [3.05, 3.63) is 57.4 Å². The van der Waals surface area contributed by atoms with Gasteiger partial charge in [0.15, 0.2) is 0 Å². The van der Waals surface area contributed by atoms with E-state index in [0.29, 0.717) is 18.0 Å². The highest BCUT2D eigenvalue weighted by Crippen LogP contribution is 2.18. The molecule has 1 saturated heterocycles. The lowest BCUT2D eigenvalue weighted by atomic mass is 9.97. The number of carbonyl (C=O) groups is 1. The summed E-state index contributed by atoms with van der Waals surface area (Å²) >= 11 is 0. The Morgan fingerprint density at radius 1 is 1.44 bits per heavy atom. The van der Waals surface area contributed by atoms with Gasteiger partial charge in [0.1, 0.15) is 11.3 Å². The molecule has 0 aromatic carbocycles. The minimum absolute atomic E-state index is 0.217. The Bertz CT molecular complexity index is 780. The van der Waals surface area contributed by atoms with Crippen molar-refractivity contribution in [2.24, 2.45) is 5.92 Å². The number of H-pyrrole nitrogens is 1. The van der Waals surface area contributed by atoms with Gasteiger partial charge in [0.05, 0.1) is 12.8 Å². The van der Waals surface area contributed by atoms with Crippen LogP contribution in [0.4, 0.5) is 0 Å². The third kappa shape index (κ3) is 4.39. The first kappa shape index (κ1) is 17.5. The Hall–Kier alpha value is -2.34. The Labute approximate surface area is 147 Å². The fourth-order valence-corrected chi connectivity index (χ4v) is 3.55. The van der Waals surface area contributed by atoms with E-state index in [0.717, 1.165) is 43.9 Å². The van der Waals surface area contributed by atoms with Gasteiger partial charge in [-0.1, -0.05) is 0 Å². The molecule has 1 aliphatic heterocycles. The summed E-state index contributed by atoms with van der Waals surface area (Å²) in [5.41, 5.74) is 1.37. The number of rotatable bonds is 5. The van der Waals surface area contributed by atoms with Gasteiger partial charge < -0.3 is 14.7 Å². The van der Waals surface area contributed by atoms with Crippen molar-refractivity contribution < 1.29 is 9.21 Å². The lowest BCUT2D eigenvalue weighted by Crippen LogP contribution is -2.41. The van der Waals surface area contributed by atoms with Crippen molar-refractivity contribution >= 4 is 5.91 Å². The van der Waals surface area contributed by atoms with Crippen LogP contribution in [0.3, 0.4) is 0 Å². The Kier molecular flexibility index (Phi) is 5.38. The van der Waals surface area contributed by atoms with Crippen molar-refractivity contribution in [2.45, 2.75) is 33.2 Å². The number of aromatic nitrogens is 1. The summed E-state index contributed by atoms with van der Waals surface area (Å²) in [7, 11) is 0. The van der Waals surface area contributed by atoms with Gasteiger partial charge in [-0.3, -0.25) is 14.5 Å². The fourth-order valence-electron chi connectivity index (χ4n) is 3.55. The predicted molar refractivity (Wildman–Crippen MR) is 95.6 cm³/mol. The number of aryl methyl sites for hydroxylation is 2. The molecule has 1 fully saturated rings. The van der Waals surface area contributed by atoms with Crippen molar-refractivity contribution in [3.63, 3.8) is 0 Å². The van der Waals surface area contributed by atoms with Gasteiger partial charge in [-0.15, -0.1) is 0 Å². The normalized spacial score (nSPS) is 18.2. The Balaban J connectivity index is 1.56. The molecule has 2 aromatic heterocycles. The molecule has 3 rings (SSSR count). The number of amides is 1. The van der Waals surface area contributed by atoms with Crippen LogP contribution in [0, 0.1) is 19.8 Å². The number of hydrogen-bond donors (Lipinski definition) is 2. The number of nitrogens with zero attached hydrogens (tertiary/aromatic N) is 1. The molecule has 0 aliphatic carbocycles. The second kappa shape index (κ2) is 7.70. The average molecular weight is 343 g/mol. The molecule has 2 aromatic rings. The standard InChI is InChI=1S/C19H25N3O3/c1-13-9-14(2)21-19(24)17(13)18(23)20-10-15-5-3-7-22(11-15)12-16-6-4-8-25-16/h4,6,8-9,15H,3,5,7,10-12H2,1-2H3,(H,20,23)(H,21,24)/t15-/m0/s1. The van der Waals surface area contributed by atoms with Crippen molar-refractivity contribution in [1.82, 2.24) is 15.2 Å². The molecule has 0 unspecified atom stereocenters. The zero-order valence-electron chi connectivity index (χ0n) is 14.8. The molecule has 0 saturated carbocycles. The minimum atomic E-state index is -0.321. The van der Waals surface area contributed by atoms with E-state index in [4.69, 9.17) is 4.42 Å². The van der Waals surface area contributed by atoms with E-state index in [2.05, 4.69) is 15.2 Å². The van der Waals surface area contributed by atoms with E-state index in [9.17, 15) is 9.59 Å². The van der Waals surface area contributed by atoms with Crippen LogP contribution < -0.4 is 10.9 Å². The number of carbonyl (C=O) groups excluding carboxylic acids is 1. The van der Waals surface area contributed by atoms with E-state index in [1.54, 1.807) is 13.2 Å². The summed E-state index contributed by atoms with van der Waals surface area (Å²) in [6, 6.07) is 5.71. The number of likely N-dealkylation sites (tertiary alicyclic amines) is 1. The highest BCUT2D eigenvalue weighted by Gasteiger charge is 2.22. The van der Waals surface area contributed by atoms with Crippen LogP contribution in [0.5, 0.6) is 0 Å². The van der Waals surface area contributed by atoms with Crippen LogP contribution in [0.1, 0.15) is 40.2 Å². The number of furan rings is 1. The van der Waals surface area contributed by atoms with E-state index in [1.807, 2.05) is 25.1 Å².